The highest BCUT2D eigenvalue weighted by molar-refractivity contribution is 9.10. The first-order chi connectivity index (χ1) is 9.70. The Morgan fingerprint density at radius 2 is 1.95 bits per heavy atom. The van der Waals surface area contributed by atoms with Gasteiger partial charge in [-0.25, -0.2) is 0 Å². The van der Waals surface area contributed by atoms with Crippen LogP contribution in [-0.2, 0) is 6.54 Å². The van der Waals surface area contributed by atoms with Gasteiger partial charge >= 0.3 is 0 Å². The summed E-state index contributed by atoms with van der Waals surface area (Å²) in [5.41, 5.74) is 9.09. The van der Waals surface area contributed by atoms with Crippen LogP contribution >= 0.6 is 15.9 Å². The maximum absolute atomic E-state index is 6.07. The molecule has 2 aromatic carbocycles. The third kappa shape index (κ3) is 2.16. The summed E-state index contributed by atoms with van der Waals surface area (Å²) in [7, 11) is 1.69. The van der Waals surface area contributed by atoms with Gasteiger partial charge in [0.05, 0.1) is 19.2 Å². The lowest BCUT2D eigenvalue weighted by Gasteiger charge is -2.11. The molecule has 0 aliphatic carbocycles. The Balaban J connectivity index is 2.08. The van der Waals surface area contributed by atoms with E-state index in [1.807, 2.05) is 30.3 Å². The van der Waals surface area contributed by atoms with Crippen LogP contribution in [0.1, 0.15) is 5.56 Å². The molecule has 0 atom stereocenters. The largest absolute Gasteiger partial charge is 0.496 e. The van der Waals surface area contributed by atoms with Crippen molar-refractivity contribution in [1.82, 2.24) is 4.57 Å². The number of hydrogen-bond acceptors (Lipinski definition) is 2. The summed E-state index contributed by atoms with van der Waals surface area (Å²) in [6.07, 6.45) is 2.06. The van der Waals surface area contributed by atoms with Crippen molar-refractivity contribution in [1.29, 1.82) is 0 Å². The van der Waals surface area contributed by atoms with Gasteiger partial charge in [0.2, 0.25) is 0 Å². The third-order valence-corrected chi connectivity index (χ3v) is 4.22. The number of fused-ring (bicyclic) bond motifs is 1. The Morgan fingerprint density at radius 1 is 1.15 bits per heavy atom. The zero-order chi connectivity index (χ0) is 14.1. The second-order valence-corrected chi connectivity index (χ2v) is 5.50. The Labute approximate surface area is 126 Å². The minimum Gasteiger partial charge on any atom is -0.496 e. The fraction of sp³-hybridized carbons (Fsp3) is 0.125. The van der Waals surface area contributed by atoms with E-state index in [1.165, 1.54) is 0 Å². The van der Waals surface area contributed by atoms with Crippen molar-refractivity contribution in [2.45, 2.75) is 6.54 Å². The molecule has 2 N–H and O–H groups in total. The minimum atomic E-state index is 0.726. The van der Waals surface area contributed by atoms with Gasteiger partial charge in [0.1, 0.15) is 5.75 Å². The highest BCUT2D eigenvalue weighted by Gasteiger charge is 2.09. The lowest BCUT2D eigenvalue weighted by Crippen LogP contribution is -2.02. The first-order valence-electron chi connectivity index (χ1n) is 6.35. The molecule has 0 unspecified atom stereocenters. The number of nitrogens with zero attached hydrogens (tertiary/aromatic N) is 1. The summed E-state index contributed by atoms with van der Waals surface area (Å²) < 4.78 is 8.60. The zero-order valence-electron chi connectivity index (χ0n) is 11.1. The number of nitrogens with two attached hydrogens (primary N) is 1. The van der Waals surface area contributed by atoms with Crippen LogP contribution in [0.2, 0.25) is 0 Å². The third-order valence-electron chi connectivity index (χ3n) is 3.48. The van der Waals surface area contributed by atoms with E-state index in [4.69, 9.17) is 10.5 Å². The molecule has 0 fully saturated rings. The molecule has 3 rings (SSSR count). The van der Waals surface area contributed by atoms with Crippen molar-refractivity contribution in [3.05, 3.63) is 58.7 Å². The molecule has 4 heteroatoms. The number of halogens is 1. The predicted octanol–water partition coefficient (Wildman–Crippen LogP) is 4.04. The van der Waals surface area contributed by atoms with E-state index in [1.54, 1.807) is 7.11 Å². The second-order valence-electron chi connectivity index (χ2n) is 4.64. The molecule has 102 valence electrons. The zero-order valence-corrected chi connectivity index (χ0v) is 12.7. The molecule has 0 spiro atoms. The van der Waals surface area contributed by atoms with E-state index in [-0.39, 0.29) is 0 Å². The molecule has 3 aromatic rings. The number of hydrogen-bond donors (Lipinski definition) is 1. The van der Waals surface area contributed by atoms with Crippen molar-refractivity contribution in [3.8, 4) is 5.75 Å². The van der Waals surface area contributed by atoms with Gasteiger partial charge in [-0.15, -0.1) is 0 Å². The number of ether oxygens (including phenoxy) is 1. The monoisotopic (exact) mass is 330 g/mol. The number of methoxy groups -OCH3 is 1. The average Bonchev–Trinajstić information content (AvgIpc) is 2.86. The molecule has 20 heavy (non-hydrogen) atoms. The molecule has 1 aromatic heterocycles. The fourth-order valence-electron chi connectivity index (χ4n) is 2.42. The second kappa shape index (κ2) is 5.21. The van der Waals surface area contributed by atoms with E-state index in [0.717, 1.165) is 38.9 Å². The lowest BCUT2D eigenvalue weighted by molar-refractivity contribution is 0.420. The Bertz CT molecular complexity index is 744. The van der Waals surface area contributed by atoms with E-state index < -0.39 is 0 Å². The van der Waals surface area contributed by atoms with Crippen molar-refractivity contribution in [2.75, 3.05) is 12.8 Å². The van der Waals surface area contributed by atoms with Crippen molar-refractivity contribution >= 4 is 32.5 Å². The number of rotatable bonds is 3. The number of anilines is 1. The number of aromatic nitrogens is 1. The molecule has 0 amide bonds. The van der Waals surface area contributed by atoms with Gasteiger partial charge in [-0.2, -0.15) is 0 Å². The first-order valence-corrected chi connectivity index (χ1v) is 7.14. The fourth-order valence-corrected chi connectivity index (χ4v) is 2.93. The molecule has 0 bridgehead atoms. The highest BCUT2D eigenvalue weighted by atomic mass is 79.9. The molecule has 1 heterocycles. The molecule has 0 aliphatic heterocycles. The summed E-state index contributed by atoms with van der Waals surface area (Å²) in [6, 6.07) is 14.0. The van der Waals surface area contributed by atoms with Gasteiger partial charge in [0.15, 0.2) is 0 Å². The van der Waals surface area contributed by atoms with E-state index in [0.29, 0.717) is 0 Å². The van der Waals surface area contributed by atoms with Gasteiger partial charge in [0, 0.05) is 27.3 Å². The standard InChI is InChI=1S/C16H15BrN2O/c1-20-16-7-3-6-15-11(16)8-9-19(15)10-12-13(17)4-2-5-14(12)18/h2-9H,10,18H2,1H3. The predicted molar refractivity (Wildman–Crippen MR) is 86.1 cm³/mol. The molecule has 0 aliphatic rings. The van der Waals surface area contributed by atoms with Crippen molar-refractivity contribution in [3.63, 3.8) is 0 Å². The smallest absolute Gasteiger partial charge is 0.128 e. The lowest BCUT2D eigenvalue weighted by atomic mass is 10.2. The van der Waals surface area contributed by atoms with Gasteiger partial charge in [-0.1, -0.05) is 28.1 Å². The summed E-state index contributed by atoms with van der Waals surface area (Å²) in [6.45, 7) is 0.726. The molecule has 3 nitrogen and oxygen atoms in total. The van der Waals surface area contributed by atoms with Crippen LogP contribution in [0.4, 0.5) is 5.69 Å². The van der Waals surface area contributed by atoms with Gasteiger partial charge in [-0.3, -0.25) is 0 Å². The van der Waals surface area contributed by atoms with Gasteiger partial charge in [-0.05, 0) is 30.3 Å². The van der Waals surface area contributed by atoms with Gasteiger partial charge < -0.3 is 15.0 Å². The van der Waals surface area contributed by atoms with Crippen LogP contribution in [0.15, 0.2) is 53.1 Å². The van der Waals surface area contributed by atoms with E-state index in [2.05, 4.69) is 38.8 Å². The first kappa shape index (κ1) is 13.1. The van der Waals surface area contributed by atoms with E-state index in [9.17, 15) is 0 Å². The summed E-state index contributed by atoms with van der Waals surface area (Å²) in [4.78, 5) is 0. The Hall–Kier alpha value is -1.94. The number of nitrogen functional groups attached to an aromatic ring is 1. The number of benzene rings is 2. The summed E-state index contributed by atoms with van der Waals surface area (Å²) in [5, 5.41) is 1.11. The van der Waals surface area contributed by atoms with Gasteiger partial charge in [0.25, 0.3) is 0 Å². The molecule has 0 saturated heterocycles. The topological polar surface area (TPSA) is 40.2 Å². The normalized spacial score (nSPS) is 10.9. The molecular formula is C16H15BrN2O. The Kier molecular flexibility index (Phi) is 3.40. The van der Waals surface area contributed by atoms with E-state index >= 15 is 0 Å². The van der Waals surface area contributed by atoms with Crippen molar-refractivity contribution < 1.29 is 4.74 Å². The van der Waals surface area contributed by atoms with Crippen LogP contribution in [0, 0.1) is 0 Å². The van der Waals surface area contributed by atoms with Crippen LogP contribution in [0.25, 0.3) is 10.9 Å². The average molecular weight is 331 g/mol. The molecule has 0 radical (unpaired) electrons. The maximum Gasteiger partial charge on any atom is 0.128 e. The SMILES string of the molecule is COc1cccc2c1ccn2Cc1c(N)cccc1Br. The highest BCUT2D eigenvalue weighted by Crippen LogP contribution is 2.29. The van der Waals surface area contributed by atoms with Crippen LogP contribution in [0.3, 0.4) is 0 Å². The Morgan fingerprint density at radius 3 is 2.70 bits per heavy atom. The molecule has 0 saturated carbocycles. The maximum atomic E-state index is 6.07. The van der Waals surface area contributed by atoms with Crippen molar-refractivity contribution in [2.24, 2.45) is 0 Å². The quantitative estimate of drug-likeness (QED) is 0.736. The van der Waals surface area contributed by atoms with Crippen LogP contribution in [-0.4, -0.2) is 11.7 Å². The van der Waals surface area contributed by atoms with Crippen LogP contribution < -0.4 is 10.5 Å². The minimum absolute atomic E-state index is 0.726. The molecular weight excluding hydrogens is 316 g/mol. The summed E-state index contributed by atoms with van der Waals surface area (Å²) in [5.74, 6) is 0.890. The summed E-state index contributed by atoms with van der Waals surface area (Å²) >= 11 is 3.57. The van der Waals surface area contributed by atoms with Crippen LogP contribution in [0.5, 0.6) is 5.75 Å².